The van der Waals surface area contributed by atoms with Crippen LogP contribution in [0.4, 0.5) is 0 Å². The van der Waals surface area contributed by atoms with Crippen LogP contribution < -0.4 is 5.73 Å². The van der Waals surface area contributed by atoms with E-state index >= 15 is 0 Å². The highest BCUT2D eigenvalue weighted by Gasteiger charge is 1.77. The van der Waals surface area contributed by atoms with Crippen LogP contribution in [0, 0.1) is 0 Å². The molecule has 2 nitrogen and oxygen atoms in total. The Morgan fingerprint density at radius 1 is 1.83 bits per heavy atom. The Bertz CT molecular complexity index is 22.8. The Balaban J connectivity index is 2.34. The molecule has 3 heteroatoms. The Morgan fingerprint density at radius 3 is 2.67 bits per heavy atom. The molecule has 0 amide bonds. The van der Waals surface area contributed by atoms with E-state index in [-0.39, 0.29) is 9.76 Å². The SMILES string of the molecule is CO[SiH2]CCN. The lowest BCUT2D eigenvalue weighted by atomic mass is 10.8. The number of rotatable bonds is 3. The summed E-state index contributed by atoms with van der Waals surface area (Å²) >= 11 is 0. The summed E-state index contributed by atoms with van der Waals surface area (Å²) in [4.78, 5) is 0. The van der Waals surface area contributed by atoms with Gasteiger partial charge in [-0.1, -0.05) is 0 Å². The molecule has 0 aliphatic rings. The van der Waals surface area contributed by atoms with Crippen LogP contribution in [-0.2, 0) is 4.43 Å². The van der Waals surface area contributed by atoms with Gasteiger partial charge in [-0.3, -0.25) is 0 Å². The summed E-state index contributed by atoms with van der Waals surface area (Å²) in [6, 6.07) is 1.11. The zero-order chi connectivity index (χ0) is 4.83. The number of nitrogens with two attached hydrogens (primary N) is 1. The van der Waals surface area contributed by atoms with E-state index in [2.05, 4.69) is 0 Å². The third-order valence-electron chi connectivity index (χ3n) is 0.553. The molecule has 2 N–H and O–H groups in total. The molecule has 0 unspecified atom stereocenters. The molecule has 0 saturated heterocycles. The van der Waals surface area contributed by atoms with Crippen molar-refractivity contribution in [3.63, 3.8) is 0 Å². The van der Waals surface area contributed by atoms with Crippen LogP contribution in [0.25, 0.3) is 0 Å². The highest BCUT2D eigenvalue weighted by Crippen LogP contribution is 1.68. The Morgan fingerprint density at radius 2 is 2.50 bits per heavy atom. The fraction of sp³-hybridized carbons (Fsp3) is 1.00. The van der Waals surface area contributed by atoms with Crippen molar-refractivity contribution < 1.29 is 4.43 Å². The minimum absolute atomic E-state index is 0.203. The van der Waals surface area contributed by atoms with Crippen LogP contribution >= 0.6 is 0 Å². The van der Waals surface area contributed by atoms with Crippen molar-refractivity contribution in [3.05, 3.63) is 0 Å². The van der Waals surface area contributed by atoms with Gasteiger partial charge in [0.1, 0.15) is 0 Å². The van der Waals surface area contributed by atoms with E-state index in [4.69, 9.17) is 10.2 Å². The maximum absolute atomic E-state index is 5.17. The van der Waals surface area contributed by atoms with E-state index in [1.165, 1.54) is 0 Å². The first-order valence-corrected chi connectivity index (χ1v) is 3.68. The van der Waals surface area contributed by atoms with Gasteiger partial charge in [0.15, 0.2) is 9.76 Å². The summed E-state index contributed by atoms with van der Waals surface area (Å²) in [5, 5.41) is 0. The lowest BCUT2D eigenvalue weighted by molar-refractivity contribution is 0.441. The lowest BCUT2D eigenvalue weighted by Crippen LogP contribution is -2.03. The second kappa shape index (κ2) is 5.14. The van der Waals surface area contributed by atoms with E-state index in [0.29, 0.717) is 0 Å². The highest BCUT2D eigenvalue weighted by atomic mass is 28.2. The molecule has 0 radical (unpaired) electrons. The normalized spacial score (nSPS) is 11.0. The first-order valence-electron chi connectivity index (χ1n) is 2.11. The molecule has 0 aromatic heterocycles. The van der Waals surface area contributed by atoms with E-state index in [9.17, 15) is 0 Å². The summed E-state index contributed by atoms with van der Waals surface area (Å²) in [5.41, 5.74) is 5.17. The second-order valence-electron chi connectivity index (χ2n) is 1.14. The van der Waals surface area contributed by atoms with E-state index in [0.717, 1.165) is 12.6 Å². The fourth-order valence-electron chi connectivity index (χ4n) is 0.228. The standard InChI is InChI=1S/C3H11NOSi/c1-5-6-3-2-4/h2-4,6H2,1H3. The largest absolute Gasteiger partial charge is 0.427 e. The average Bonchev–Trinajstić information content (AvgIpc) is 1.61. The van der Waals surface area contributed by atoms with Crippen molar-refractivity contribution in [3.8, 4) is 0 Å². The predicted octanol–water partition coefficient (Wildman–Crippen LogP) is -0.906. The molecule has 0 fully saturated rings. The van der Waals surface area contributed by atoms with E-state index in [1.54, 1.807) is 7.11 Å². The molecule has 0 heterocycles. The molecular weight excluding hydrogens is 94.1 g/mol. The fourth-order valence-corrected chi connectivity index (χ4v) is 0.683. The minimum atomic E-state index is -0.203. The van der Waals surface area contributed by atoms with Gasteiger partial charge in [0.05, 0.1) is 0 Å². The molecule has 0 bridgehead atoms. The monoisotopic (exact) mass is 105 g/mol. The molecule has 0 rings (SSSR count). The maximum Gasteiger partial charge on any atom is 0.162 e. The van der Waals surface area contributed by atoms with Crippen LogP contribution in [0.5, 0.6) is 0 Å². The van der Waals surface area contributed by atoms with Crippen molar-refractivity contribution in [1.82, 2.24) is 0 Å². The van der Waals surface area contributed by atoms with Crippen LogP contribution in [0.3, 0.4) is 0 Å². The Hall–Kier alpha value is 0.137. The molecule has 0 aromatic carbocycles. The summed E-state index contributed by atoms with van der Waals surface area (Å²) in [5.74, 6) is 0. The summed E-state index contributed by atoms with van der Waals surface area (Å²) in [6.07, 6.45) is 0. The molecule has 0 aromatic rings. The van der Waals surface area contributed by atoms with Gasteiger partial charge in [-0.25, -0.2) is 0 Å². The van der Waals surface area contributed by atoms with Crippen molar-refractivity contribution in [2.45, 2.75) is 6.04 Å². The number of hydrogen-bond donors (Lipinski definition) is 1. The number of hydrogen-bond acceptors (Lipinski definition) is 2. The predicted molar refractivity (Wildman–Crippen MR) is 29.4 cm³/mol. The van der Waals surface area contributed by atoms with Gasteiger partial charge in [0, 0.05) is 7.11 Å². The van der Waals surface area contributed by atoms with Gasteiger partial charge in [0.25, 0.3) is 0 Å². The lowest BCUT2D eigenvalue weighted by Gasteiger charge is -1.88. The second-order valence-corrected chi connectivity index (χ2v) is 2.83. The molecule has 0 saturated carbocycles. The zero-order valence-electron chi connectivity index (χ0n) is 4.11. The van der Waals surface area contributed by atoms with Crippen LogP contribution in [0.2, 0.25) is 6.04 Å². The van der Waals surface area contributed by atoms with Crippen LogP contribution in [0.1, 0.15) is 0 Å². The smallest absolute Gasteiger partial charge is 0.162 e. The van der Waals surface area contributed by atoms with E-state index in [1.807, 2.05) is 0 Å². The van der Waals surface area contributed by atoms with Crippen LogP contribution in [-0.4, -0.2) is 23.4 Å². The van der Waals surface area contributed by atoms with Gasteiger partial charge in [-0.2, -0.15) is 0 Å². The molecule has 6 heavy (non-hydrogen) atoms. The third-order valence-corrected chi connectivity index (χ3v) is 1.66. The molecule has 38 valence electrons. The van der Waals surface area contributed by atoms with E-state index < -0.39 is 0 Å². The van der Waals surface area contributed by atoms with Gasteiger partial charge >= 0.3 is 0 Å². The molecular formula is C3H11NOSi. The topological polar surface area (TPSA) is 35.2 Å². The van der Waals surface area contributed by atoms with Crippen molar-refractivity contribution in [2.75, 3.05) is 13.7 Å². The van der Waals surface area contributed by atoms with Gasteiger partial charge in [0.2, 0.25) is 0 Å². The summed E-state index contributed by atoms with van der Waals surface area (Å²) in [7, 11) is 1.53. The van der Waals surface area contributed by atoms with Crippen molar-refractivity contribution >= 4 is 9.76 Å². The minimum Gasteiger partial charge on any atom is -0.427 e. The molecule has 0 spiro atoms. The Kier molecular flexibility index (Phi) is 5.25. The first-order chi connectivity index (χ1) is 2.91. The molecule has 0 aliphatic carbocycles. The van der Waals surface area contributed by atoms with Crippen LogP contribution in [0.15, 0.2) is 0 Å². The van der Waals surface area contributed by atoms with Gasteiger partial charge < -0.3 is 10.2 Å². The maximum atomic E-state index is 5.17. The first kappa shape index (κ1) is 6.14. The third kappa shape index (κ3) is 4.14. The summed E-state index contributed by atoms with van der Waals surface area (Å²) < 4.78 is 4.84. The zero-order valence-corrected chi connectivity index (χ0v) is 5.52. The molecule has 0 atom stereocenters. The van der Waals surface area contributed by atoms with Crippen molar-refractivity contribution in [2.24, 2.45) is 5.73 Å². The van der Waals surface area contributed by atoms with Gasteiger partial charge in [-0.15, -0.1) is 0 Å². The summed E-state index contributed by atoms with van der Waals surface area (Å²) in [6.45, 7) is 0.792. The van der Waals surface area contributed by atoms with Crippen molar-refractivity contribution in [1.29, 1.82) is 0 Å². The molecule has 0 aliphatic heterocycles. The van der Waals surface area contributed by atoms with Gasteiger partial charge in [-0.05, 0) is 12.6 Å². The highest BCUT2D eigenvalue weighted by molar-refractivity contribution is 6.27. The average molecular weight is 105 g/mol. The Labute approximate surface area is 40.6 Å². The quantitative estimate of drug-likeness (QED) is 0.373.